The van der Waals surface area contributed by atoms with Gasteiger partial charge in [0, 0.05) is 5.56 Å². The number of amides is 1. The SMILES string of the molecule is N#CCN(CC#N)C(=O)c1cccc(OC(F)F)c1. The quantitative estimate of drug-likeness (QED) is 0.760. The molecule has 0 aromatic heterocycles. The average molecular weight is 265 g/mol. The van der Waals surface area contributed by atoms with Crippen molar-refractivity contribution >= 4 is 5.91 Å². The van der Waals surface area contributed by atoms with E-state index in [1.807, 2.05) is 0 Å². The van der Waals surface area contributed by atoms with E-state index in [0.29, 0.717) is 0 Å². The predicted octanol–water partition coefficient (Wildman–Crippen LogP) is 1.78. The third-order valence-corrected chi connectivity index (χ3v) is 2.12. The van der Waals surface area contributed by atoms with E-state index in [1.54, 1.807) is 12.1 Å². The third-order valence-electron chi connectivity index (χ3n) is 2.12. The first-order valence-electron chi connectivity index (χ1n) is 5.16. The number of nitriles is 2. The zero-order chi connectivity index (χ0) is 14.3. The van der Waals surface area contributed by atoms with E-state index in [-0.39, 0.29) is 24.4 Å². The van der Waals surface area contributed by atoms with E-state index in [9.17, 15) is 13.6 Å². The van der Waals surface area contributed by atoms with Crippen molar-refractivity contribution in [2.75, 3.05) is 13.1 Å². The van der Waals surface area contributed by atoms with Gasteiger partial charge in [-0.15, -0.1) is 0 Å². The van der Waals surface area contributed by atoms with Crippen molar-refractivity contribution in [2.24, 2.45) is 0 Å². The second kappa shape index (κ2) is 6.92. The van der Waals surface area contributed by atoms with E-state index < -0.39 is 12.5 Å². The van der Waals surface area contributed by atoms with Crippen molar-refractivity contribution in [3.8, 4) is 17.9 Å². The van der Waals surface area contributed by atoms with E-state index in [0.717, 1.165) is 11.0 Å². The zero-order valence-electron chi connectivity index (χ0n) is 9.72. The minimum Gasteiger partial charge on any atom is -0.435 e. The van der Waals surface area contributed by atoms with Crippen LogP contribution in [0, 0.1) is 22.7 Å². The molecule has 1 aromatic rings. The Labute approximate surface area is 108 Å². The van der Waals surface area contributed by atoms with Gasteiger partial charge < -0.3 is 9.64 Å². The van der Waals surface area contributed by atoms with Crippen LogP contribution in [0.5, 0.6) is 5.75 Å². The summed E-state index contributed by atoms with van der Waals surface area (Å²) in [6, 6.07) is 8.69. The Morgan fingerprint density at radius 1 is 1.32 bits per heavy atom. The number of carbonyl (C=O) groups is 1. The summed E-state index contributed by atoms with van der Waals surface area (Å²) in [6.07, 6.45) is 0. The number of nitrogens with zero attached hydrogens (tertiary/aromatic N) is 3. The monoisotopic (exact) mass is 265 g/mol. The molecule has 0 spiro atoms. The molecule has 19 heavy (non-hydrogen) atoms. The average Bonchev–Trinajstić information content (AvgIpc) is 2.37. The van der Waals surface area contributed by atoms with Gasteiger partial charge in [-0.3, -0.25) is 4.79 Å². The molecule has 1 rings (SSSR count). The van der Waals surface area contributed by atoms with Crippen LogP contribution in [-0.4, -0.2) is 30.5 Å². The molecule has 0 fully saturated rings. The molecule has 1 amide bonds. The van der Waals surface area contributed by atoms with E-state index in [2.05, 4.69) is 4.74 Å². The fraction of sp³-hybridized carbons (Fsp3) is 0.250. The van der Waals surface area contributed by atoms with Crippen LogP contribution < -0.4 is 4.74 Å². The summed E-state index contributed by atoms with van der Waals surface area (Å²) in [5.41, 5.74) is 0.0728. The Balaban J connectivity index is 2.92. The van der Waals surface area contributed by atoms with Crippen molar-refractivity contribution in [3.05, 3.63) is 29.8 Å². The van der Waals surface area contributed by atoms with Crippen molar-refractivity contribution in [3.63, 3.8) is 0 Å². The minimum absolute atomic E-state index is 0.0728. The number of hydrogen-bond acceptors (Lipinski definition) is 4. The molecule has 0 heterocycles. The number of rotatable bonds is 5. The van der Waals surface area contributed by atoms with E-state index in [4.69, 9.17) is 10.5 Å². The van der Waals surface area contributed by atoms with Gasteiger partial charge >= 0.3 is 6.61 Å². The van der Waals surface area contributed by atoms with Gasteiger partial charge in [-0.25, -0.2) is 0 Å². The molecule has 0 saturated carbocycles. The lowest BCUT2D eigenvalue weighted by atomic mass is 10.2. The van der Waals surface area contributed by atoms with Gasteiger partial charge in [0.1, 0.15) is 18.8 Å². The van der Waals surface area contributed by atoms with Gasteiger partial charge in [-0.1, -0.05) is 6.07 Å². The summed E-state index contributed by atoms with van der Waals surface area (Å²) >= 11 is 0. The molecule has 5 nitrogen and oxygen atoms in total. The van der Waals surface area contributed by atoms with Crippen LogP contribution in [0.25, 0.3) is 0 Å². The summed E-state index contributed by atoms with van der Waals surface area (Å²) < 4.78 is 28.3. The first-order valence-corrected chi connectivity index (χ1v) is 5.16. The number of carbonyl (C=O) groups excluding carboxylic acids is 1. The van der Waals surface area contributed by atoms with Crippen LogP contribution in [0.1, 0.15) is 10.4 Å². The molecule has 0 aliphatic heterocycles. The molecular weight excluding hydrogens is 256 g/mol. The summed E-state index contributed by atoms with van der Waals surface area (Å²) in [5.74, 6) is -0.752. The highest BCUT2D eigenvalue weighted by molar-refractivity contribution is 5.94. The molecule has 0 aliphatic carbocycles. The normalized spacial score (nSPS) is 9.53. The second-order valence-electron chi connectivity index (χ2n) is 3.38. The number of alkyl halides is 2. The minimum atomic E-state index is -2.99. The summed E-state index contributed by atoms with van der Waals surface area (Å²) in [7, 11) is 0. The Kier molecular flexibility index (Phi) is 5.24. The summed E-state index contributed by atoms with van der Waals surface area (Å²) in [4.78, 5) is 12.9. The second-order valence-corrected chi connectivity index (χ2v) is 3.38. The Bertz CT molecular complexity index is 519. The number of halogens is 2. The fourth-order valence-corrected chi connectivity index (χ4v) is 1.36. The van der Waals surface area contributed by atoms with Gasteiger partial charge in [-0.05, 0) is 18.2 Å². The molecule has 0 radical (unpaired) electrons. The van der Waals surface area contributed by atoms with Crippen molar-refractivity contribution < 1.29 is 18.3 Å². The Morgan fingerprint density at radius 3 is 2.47 bits per heavy atom. The first-order chi connectivity index (χ1) is 9.08. The lowest BCUT2D eigenvalue weighted by Gasteiger charge is -2.16. The van der Waals surface area contributed by atoms with Crippen LogP contribution in [0.3, 0.4) is 0 Å². The first kappa shape index (κ1) is 14.4. The van der Waals surface area contributed by atoms with Crippen LogP contribution in [0.4, 0.5) is 8.78 Å². The number of benzene rings is 1. The van der Waals surface area contributed by atoms with Crippen LogP contribution in [0.2, 0.25) is 0 Å². The maximum atomic E-state index is 12.0. The number of hydrogen-bond donors (Lipinski definition) is 0. The largest absolute Gasteiger partial charge is 0.435 e. The highest BCUT2D eigenvalue weighted by atomic mass is 19.3. The molecule has 7 heteroatoms. The zero-order valence-corrected chi connectivity index (χ0v) is 9.72. The Hall–Kier alpha value is -2.67. The Morgan fingerprint density at radius 2 is 1.95 bits per heavy atom. The summed E-state index contributed by atoms with van der Waals surface area (Å²) in [6.45, 7) is -3.50. The molecule has 98 valence electrons. The third kappa shape index (κ3) is 4.25. The smallest absolute Gasteiger partial charge is 0.387 e. The standard InChI is InChI=1S/C12H9F2N3O2/c13-12(14)19-10-3-1-2-9(8-10)11(18)17(6-4-15)7-5-16/h1-3,8,12H,6-7H2. The lowest BCUT2D eigenvalue weighted by Crippen LogP contribution is -2.31. The van der Waals surface area contributed by atoms with Crippen LogP contribution in [-0.2, 0) is 0 Å². The van der Waals surface area contributed by atoms with Gasteiger partial charge in [0.05, 0.1) is 12.1 Å². The molecule has 0 aliphatic rings. The van der Waals surface area contributed by atoms with Crippen molar-refractivity contribution in [2.45, 2.75) is 6.61 Å². The van der Waals surface area contributed by atoms with E-state index >= 15 is 0 Å². The maximum absolute atomic E-state index is 12.0. The molecule has 1 aromatic carbocycles. The van der Waals surface area contributed by atoms with Crippen LogP contribution >= 0.6 is 0 Å². The topological polar surface area (TPSA) is 77.1 Å². The van der Waals surface area contributed by atoms with Gasteiger partial charge in [0.15, 0.2) is 0 Å². The predicted molar refractivity (Wildman–Crippen MR) is 60.2 cm³/mol. The molecule has 0 bridgehead atoms. The van der Waals surface area contributed by atoms with Gasteiger partial charge in [0.2, 0.25) is 0 Å². The lowest BCUT2D eigenvalue weighted by molar-refractivity contribution is -0.0499. The van der Waals surface area contributed by atoms with Crippen molar-refractivity contribution in [1.82, 2.24) is 4.90 Å². The van der Waals surface area contributed by atoms with Gasteiger partial charge in [0.25, 0.3) is 5.91 Å². The molecular formula is C12H9F2N3O2. The highest BCUT2D eigenvalue weighted by Gasteiger charge is 2.16. The summed E-state index contributed by atoms with van der Waals surface area (Å²) in [5, 5.41) is 17.1. The van der Waals surface area contributed by atoms with Crippen LogP contribution in [0.15, 0.2) is 24.3 Å². The van der Waals surface area contributed by atoms with E-state index in [1.165, 1.54) is 18.2 Å². The maximum Gasteiger partial charge on any atom is 0.387 e. The molecule has 0 saturated heterocycles. The van der Waals surface area contributed by atoms with Gasteiger partial charge in [-0.2, -0.15) is 19.3 Å². The molecule has 0 N–H and O–H groups in total. The van der Waals surface area contributed by atoms with Crippen molar-refractivity contribution in [1.29, 1.82) is 10.5 Å². The molecule has 0 atom stereocenters. The molecule has 0 unspecified atom stereocenters. The fourth-order valence-electron chi connectivity index (χ4n) is 1.36. The highest BCUT2D eigenvalue weighted by Crippen LogP contribution is 2.17. The number of ether oxygens (including phenoxy) is 1.